The molecule has 0 saturated heterocycles. The second-order valence-electron chi connectivity index (χ2n) is 12.0. The summed E-state index contributed by atoms with van der Waals surface area (Å²) >= 11 is 0. The van der Waals surface area contributed by atoms with Gasteiger partial charge in [0.1, 0.15) is 8.07 Å². The van der Waals surface area contributed by atoms with Gasteiger partial charge in [0, 0.05) is 0 Å². The predicted molar refractivity (Wildman–Crippen MR) is 173 cm³/mol. The van der Waals surface area contributed by atoms with Crippen molar-refractivity contribution < 1.29 is 0 Å². The van der Waals surface area contributed by atoms with Crippen LogP contribution in [0.5, 0.6) is 0 Å². The van der Waals surface area contributed by atoms with Crippen LogP contribution >= 0.6 is 0 Å². The van der Waals surface area contributed by atoms with Gasteiger partial charge in [0.05, 0.1) is 0 Å². The molecule has 1 aliphatic heterocycles. The fourth-order valence-electron chi connectivity index (χ4n) is 6.79. The van der Waals surface area contributed by atoms with E-state index in [-0.39, 0.29) is 0 Å². The Balaban J connectivity index is 1.71. The maximum Gasteiger partial charge on any atom is 0.113 e. The van der Waals surface area contributed by atoms with Crippen LogP contribution in [-0.4, -0.2) is 8.07 Å². The largest absolute Gasteiger partial charge is 0.113 e. The standard InChI is InChI=1S/C38H34Si/c1-23-15-17-27(19-25(23)3)37-30-12-7-8-13-31(30)38(28-18-16-24(2)26(4)20-28)34-22-36-32(21-33(34)37)29-11-9-10-14-35(29)39(36,5)6/h7-22H,1-6H3. The number of benzene rings is 6. The Bertz CT molecular complexity index is 1970. The van der Waals surface area contributed by atoms with Gasteiger partial charge in [0.25, 0.3) is 0 Å². The number of hydrogen-bond acceptors (Lipinski definition) is 0. The molecule has 0 bridgehead atoms. The second-order valence-corrected chi connectivity index (χ2v) is 16.3. The summed E-state index contributed by atoms with van der Waals surface area (Å²) < 4.78 is 0. The third-order valence-corrected chi connectivity index (χ3v) is 12.9. The molecule has 190 valence electrons. The molecule has 0 fully saturated rings. The molecule has 1 aliphatic rings. The van der Waals surface area contributed by atoms with Crippen molar-refractivity contribution in [3.05, 3.63) is 119 Å². The molecule has 0 amide bonds. The zero-order valence-corrected chi connectivity index (χ0v) is 24.7. The smallest absolute Gasteiger partial charge is 0.0623 e. The number of rotatable bonds is 2. The molecule has 6 aromatic carbocycles. The Labute approximate surface area is 233 Å². The van der Waals surface area contributed by atoms with Crippen molar-refractivity contribution in [1.82, 2.24) is 0 Å². The molecule has 7 rings (SSSR count). The highest BCUT2D eigenvalue weighted by Gasteiger charge is 2.38. The summed E-state index contributed by atoms with van der Waals surface area (Å²) in [6, 6.07) is 37.3. The summed E-state index contributed by atoms with van der Waals surface area (Å²) in [6.45, 7) is 13.9. The fourth-order valence-corrected chi connectivity index (χ4v) is 9.87. The van der Waals surface area contributed by atoms with Gasteiger partial charge in [-0.2, -0.15) is 0 Å². The lowest BCUT2D eigenvalue weighted by molar-refractivity contribution is 1.34. The van der Waals surface area contributed by atoms with E-state index in [1.807, 2.05) is 0 Å². The van der Waals surface area contributed by atoms with Crippen molar-refractivity contribution in [3.8, 4) is 33.4 Å². The van der Waals surface area contributed by atoms with E-state index in [1.165, 1.54) is 77.2 Å². The van der Waals surface area contributed by atoms with E-state index in [9.17, 15) is 0 Å². The van der Waals surface area contributed by atoms with Gasteiger partial charge in [-0.15, -0.1) is 0 Å². The van der Waals surface area contributed by atoms with E-state index >= 15 is 0 Å². The Morgan fingerprint density at radius 1 is 0.410 bits per heavy atom. The Hall–Kier alpha value is -3.94. The number of aryl methyl sites for hydroxylation is 4. The first-order valence-corrected chi connectivity index (χ1v) is 17.0. The van der Waals surface area contributed by atoms with Crippen molar-refractivity contribution in [2.24, 2.45) is 0 Å². The van der Waals surface area contributed by atoms with Crippen molar-refractivity contribution in [2.75, 3.05) is 0 Å². The van der Waals surface area contributed by atoms with Crippen molar-refractivity contribution in [3.63, 3.8) is 0 Å². The van der Waals surface area contributed by atoms with Crippen LogP contribution in [0.4, 0.5) is 0 Å². The predicted octanol–water partition coefficient (Wildman–Crippen LogP) is 9.36. The minimum Gasteiger partial charge on any atom is -0.0623 e. The van der Waals surface area contributed by atoms with Gasteiger partial charge in [-0.3, -0.25) is 0 Å². The van der Waals surface area contributed by atoms with E-state index in [0.717, 1.165) is 0 Å². The monoisotopic (exact) mass is 518 g/mol. The summed E-state index contributed by atoms with van der Waals surface area (Å²) in [5.41, 5.74) is 13.5. The zero-order chi connectivity index (χ0) is 27.1. The molecule has 0 radical (unpaired) electrons. The first kappa shape index (κ1) is 24.1. The van der Waals surface area contributed by atoms with Crippen LogP contribution in [-0.2, 0) is 0 Å². The van der Waals surface area contributed by atoms with Gasteiger partial charge in [-0.05, 0) is 121 Å². The SMILES string of the molecule is Cc1ccc(-c2c3ccccc3c(-c3ccc(C)c(C)c3)c3cc4c(cc23)-c2ccccc2[Si]4(C)C)cc1C. The molecule has 39 heavy (non-hydrogen) atoms. The quantitative estimate of drug-likeness (QED) is 0.158. The molecule has 0 nitrogen and oxygen atoms in total. The van der Waals surface area contributed by atoms with Gasteiger partial charge in [-0.25, -0.2) is 0 Å². The van der Waals surface area contributed by atoms with E-state index in [2.05, 4.69) is 138 Å². The molecule has 1 heterocycles. The number of hydrogen-bond donors (Lipinski definition) is 0. The topological polar surface area (TPSA) is 0 Å². The first-order chi connectivity index (χ1) is 18.8. The summed E-state index contributed by atoms with van der Waals surface area (Å²) in [5.74, 6) is 0. The van der Waals surface area contributed by atoms with Gasteiger partial charge in [0.2, 0.25) is 0 Å². The summed E-state index contributed by atoms with van der Waals surface area (Å²) in [5, 5.41) is 8.49. The Kier molecular flexibility index (Phi) is 5.28. The molecule has 0 N–H and O–H groups in total. The minimum absolute atomic E-state index is 1.30. The second kappa shape index (κ2) is 8.53. The summed E-state index contributed by atoms with van der Waals surface area (Å²) in [7, 11) is -1.82. The van der Waals surface area contributed by atoms with Gasteiger partial charge >= 0.3 is 0 Å². The van der Waals surface area contributed by atoms with Crippen LogP contribution in [0.25, 0.3) is 54.9 Å². The van der Waals surface area contributed by atoms with Gasteiger partial charge < -0.3 is 0 Å². The lowest BCUT2D eigenvalue weighted by Gasteiger charge is -2.22. The molecular weight excluding hydrogens is 485 g/mol. The Morgan fingerprint density at radius 2 is 0.923 bits per heavy atom. The normalized spacial score (nSPS) is 13.6. The maximum absolute atomic E-state index is 2.58. The van der Waals surface area contributed by atoms with Crippen LogP contribution in [0.3, 0.4) is 0 Å². The highest BCUT2D eigenvalue weighted by Crippen LogP contribution is 2.46. The van der Waals surface area contributed by atoms with Crippen molar-refractivity contribution in [2.45, 2.75) is 40.8 Å². The van der Waals surface area contributed by atoms with Crippen LogP contribution in [0, 0.1) is 27.7 Å². The molecule has 0 spiro atoms. The van der Waals surface area contributed by atoms with Crippen molar-refractivity contribution in [1.29, 1.82) is 0 Å². The summed E-state index contributed by atoms with van der Waals surface area (Å²) in [4.78, 5) is 0. The molecule has 0 unspecified atom stereocenters. The molecule has 0 aliphatic carbocycles. The molecular formula is C38H34Si. The minimum atomic E-state index is -1.82. The van der Waals surface area contributed by atoms with Crippen LogP contribution in [0.15, 0.2) is 97.1 Å². The van der Waals surface area contributed by atoms with Crippen LogP contribution in [0.1, 0.15) is 22.3 Å². The molecule has 6 aromatic rings. The fraction of sp³-hybridized carbons (Fsp3) is 0.158. The van der Waals surface area contributed by atoms with Crippen molar-refractivity contribution >= 4 is 40.0 Å². The van der Waals surface area contributed by atoms with Crippen LogP contribution in [0.2, 0.25) is 13.1 Å². The van der Waals surface area contributed by atoms with Crippen LogP contribution < -0.4 is 10.4 Å². The lowest BCUT2D eigenvalue weighted by atomic mass is 9.84. The number of fused-ring (bicyclic) bond motifs is 5. The van der Waals surface area contributed by atoms with Gasteiger partial charge in [0.15, 0.2) is 0 Å². The third kappa shape index (κ3) is 3.50. The molecule has 0 saturated carbocycles. The summed E-state index contributed by atoms with van der Waals surface area (Å²) in [6.07, 6.45) is 0. The maximum atomic E-state index is 2.58. The molecule has 1 heteroatoms. The lowest BCUT2D eigenvalue weighted by Crippen LogP contribution is -2.49. The Morgan fingerprint density at radius 3 is 1.49 bits per heavy atom. The third-order valence-electron chi connectivity index (χ3n) is 9.32. The zero-order valence-electron chi connectivity index (χ0n) is 23.7. The average molecular weight is 519 g/mol. The highest BCUT2D eigenvalue weighted by atomic mass is 28.3. The van der Waals surface area contributed by atoms with Gasteiger partial charge in [-0.1, -0.05) is 104 Å². The first-order valence-electron chi connectivity index (χ1n) is 14.0. The van der Waals surface area contributed by atoms with E-state index in [4.69, 9.17) is 0 Å². The molecule has 0 atom stereocenters. The highest BCUT2D eigenvalue weighted by molar-refractivity contribution is 7.04. The average Bonchev–Trinajstić information content (AvgIpc) is 3.15. The van der Waals surface area contributed by atoms with E-state index in [0.29, 0.717) is 0 Å². The van der Waals surface area contributed by atoms with E-state index < -0.39 is 8.07 Å². The molecule has 0 aromatic heterocycles. The van der Waals surface area contributed by atoms with E-state index in [1.54, 1.807) is 10.4 Å².